The van der Waals surface area contributed by atoms with E-state index in [4.69, 9.17) is 0 Å². The number of amides is 1. The van der Waals surface area contributed by atoms with E-state index in [1.165, 1.54) is 38.4 Å². The smallest absolute Gasteiger partial charge is 0.233 e. The number of hydrogen-bond donors (Lipinski definition) is 1. The Kier molecular flexibility index (Phi) is 5.88. The third-order valence-corrected chi connectivity index (χ3v) is 8.07. The first-order chi connectivity index (χ1) is 12.8. The maximum absolute atomic E-state index is 12.5. The Morgan fingerprint density at radius 2 is 2.23 bits per heavy atom. The highest BCUT2D eigenvalue weighted by Crippen LogP contribution is 2.28. The highest BCUT2D eigenvalue weighted by atomic mass is 32.2. The molecule has 1 aliphatic heterocycles. The van der Waals surface area contributed by atoms with Gasteiger partial charge in [-0.2, -0.15) is 0 Å². The van der Waals surface area contributed by atoms with Crippen LogP contribution in [-0.2, 0) is 24.2 Å². The van der Waals surface area contributed by atoms with Crippen molar-refractivity contribution in [3.8, 4) is 0 Å². The van der Waals surface area contributed by atoms with E-state index in [1.54, 1.807) is 22.7 Å². The molecule has 0 saturated carbocycles. The van der Waals surface area contributed by atoms with Gasteiger partial charge in [0.2, 0.25) is 11.0 Å². The number of anilines is 1. The number of aromatic nitrogens is 2. The molecule has 1 N–H and O–H groups in total. The third kappa shape index (κ3) is 4.46. The average molecular weight is 423 g/mol. The van der Waals surface area contributed by atoms with E-state index in [-0.39, 0.29) is 5.91 Å². The van der Waals surface area contributed by atoms with E-state index < -0.39 is 0 Å². The van der Waals surface area contributed by atoms with Gasteiger partial charge in [0, 0.05) is 29.4 Å². The minimum Gasteiger partial charge on any atom is -0.360 e. The zero-order chi connectivity index (χ0) is 17.8. The number of nitrogens with one attached hydrogen (secondary N) is 1. The number of carbonyl (C=O) groups is 1. The van der Waals surface area contributed by atoms with Crippen LogP contribution in [0.15, 0.2) is 33.3 Å². The van der Waals surface area contributed by atoms with Gasteiger partial charge in [0.1, 0.15) is 0 Å². The van der Waals surface area contributed by atoms with Crippen molar-refractivity contribution in [2.45, 2.75) is 23.7 Å². The minimum atomic E-state index is 0.175. The second kappa shape index (κ2) is 8.51. The Morgan fingerprint density at radius 1 is 1.27 bits per heavy atom. The average Bonchev–Trinajstić information content (AvgIpc) is 3.40. The summed E-state index contributed by atoms with van der Waals surface area (Å²) in [5.74, 6) is 0.595. The van der Waals surface area contributed by atoms with Gasteiger partial charge in [-0.15, -0.1) is 32.9 Å². The summed E-state index contributed by atoms with van der Waals surface area (Å²) < 4.78 is 0.838. The Hall–Kier alpha value is -1.42. The summed E-state index contributed by atoms with van der Waals surface area (Å²) in [5, 5.41) is 16.7. The molecule has 5 nitrogen and oxygen atoms in total. The Balaban J connectivity index is 1.22. The van der Waals surface area contributed by atoms with Crippen molar-refractivity contribution in [1.29, 1.82) is 0 Å². The van der Waals surface area contributed by atoms with Gasteiger partial charge in [0.25, 0.3) is 0 Å². The molecule has 0 unspecified atom stereocenters. The topological polar surface area (TPSA) is 58.1 Å². The lowest BCUT2D eigenvalue weighted by Crippen LogP contribution is -2.36. The number of hydrogen-bond acceptors (Lipinski definition) is 8. The van der Waals surface area contributed by atoms with Crippen LogP contribution >= 0.6 is 45.8 Å². The third-order valence-electron chi connectivity index (χ3n) is 4.11. The van der Waals surface area contributed by atoms with Crippen LogP contribution < -0.4 is 5.32 Å². The molecule has 0 bridgehead atoms. The Morgan fingerprint density at radius 3 is 3.12 bits per heavy atom. The van der Waals surface area contributed by atoms with Crippen LogP contribution in [0.25, 0.3) is 0 Å². The molecule has 3 aromatic heterocycles. The molecule has 4 heterocycles. The van der Waals surface area contributed by atoms with Gasteiger partial charge in [-0.05, 0) is 41.3 Å². The van der Waals surface area contributed by atoms with Crippen LogP contribution in [0.1, 0.15) is 15.3 Å². The largest absolute Gasteiger partial charge is 0.360 e. The second-order valence-electron chi connectivity index (χ2n) is 5.85. The van der Waals surface area contributed by atoms with E-state index >= 15 is 0 Å². The molecule has 1 amide bonds. The Labute approximate surface area is 168 Å². The van der Waals surface area contributed by atoms with Gasteiger partial charge in [-0.1, -0.05) is 29.2 Å². The molecule has 1 aliphatic rings. The SMILES string of the molecule is O=C(CSc1nnc(NCCc2cccs2)s1)N1CCc2sccc2C1. The fourth-order valence-electron chi connectivity index (χ4n) is 2.76. The van der Waals surface area contributed by atoms with Gasteiger partial charge < -0.3 is 10.2 Å². The van der Waals surface area contributed by atoms with E-state index in [1.807, 2.05) is 4.90 Å². The minimum absolute atomic E-state index is 0.175. The first kappa shape index (κ1) is 18.0. The summed E-state index contributed by atoms with van der Waals surface area (Å²) in [6.45, 7) is 2.40. The molecule has 0 aliphatic carbocycles. The molecule has 0 spiro atoms. The molecular formula is C17H18N4OS4. The van der Waals surface area contributed by atoms with Crippen molar-refractivity contribution in [3.05, 3.63) is 44.3 Å². The van der Waals surface area contributed by atoms with Crippen LogP contribution in [0.2, 0.25) is 0 Å². The monoisotopic (exact) mass is 422 g/mol. The normalized spacial score (nSPS) is 13.6. The lowest BCUT2D eigenvalue weighted by molar-refractivity contribution is -0.129. The maximum atomic E-state index is 12.5. The quantitative estimate of drug-likeness (QED) is 0.584. The van der Waals surface area contributed by atoms with Gasteiger partial charge in [-0.25, -0.2) is 0 Å². The zero-order valence-electron chi connectivity index (χ0n) is 14.0. The lowest BCUT2D eigenvalue weighted by atomic mass is 10.1. The van der Waals surface area contributed by atoms with Crippen molar-refractivity contribution < 1.29 is 4.79 Å². The molecule has 0 atom stereocenters. The van der Waals surface area contributed by atoms with Crippen molar-refractivity contribution in [1.82, 2.24) is 15.1 Å². The van der Waals surface area contributed by atoms with Crippen molar-refractivity contribution in [3.63, 3.8) is 0 Å². The molecule has 0 radical (unpaired) electrons. The summed E-state index contributed by atoms with van der Waals surface area (Å²) in [6, 6.07) is 6.34. The summed E-state index contributed by atoms with van der Waals surface area (Å²) in [6.07, 6.45) is 1.96. The predicted molar refractivity (Wildman–Crippen MR) is 111 cm³/mol. The predicted octanol–water partition coefficient (Wildman–Crippen LogP) is 3.99. The number of nitrogens with zero attached hydrogens (tertiary/aromatic N) is 3. The number of thiophene rings is 2. The molecular weight excluding hydrogens is 404 g/mol. The van der Waals surface area contributed by atoms with Crippen LogP contribution in [0.5, 0.6) is 0 Å². The van der Waals surface area contributed by atoms with Crippen LogP contribution in [-0.4, -0.2) is 39.8 Å². The first-order valence-corrected chi connectivity index (χ1v) is 11.9. The van der Waals surface area contributed by atoms with Crippen molar-refractivity contribution in [2.75, 3.05) is 24.2 Å². The molecule has 26 heavy (non-hydrogen) atoms. The second-order valence-corrected chi connectivity index (χ2v) is 10.1. The number of thioether (sulfide) groups is 1. The van der Waals surface area contributed by atoms with E-state index in [9.17, 15) is 4.79 Å². The fourth-order valence-corrected chi connectivity index (χ4v) is 6.04. The summed E-state index contributed by atoms with van der Waals surface area (Å²) in [7, 11) is 0. The van der Waals surface area contributed by atoms with Crippen LogP contribution in [0.4, 0.5) is 5.13 Å². The van der Waals surface area contributed by atoms with Gasteiger partial charge in [0.05, 0.1) is 5.75 Å². The van der Waals surface area contributed by atoms with Crippen molar-refractivity contribution in [2.24, 2.45) is 0 Å². The Bertz CT molecular complexity index is 858. The highest BCUT2D eigenvalue weighted by molar-refractivity contribution is 8.01. The van der Waals surface area contributed by atoms with Gasteiger partial charge in [0.15, 0.2) is 4.34 Å². The van der Waals surface area contributed by atoms with Gasteiger partial charge in [-0.3, -0.25) is 4.79 Å². The molecule has 0 aromatic carbocycles. The first-order valence-electron chi connectivity index (χ1n) is 8.33. The zero-order valence-corrected chi connectivity index (χ0v) is 17.3. The molecule has 136 valence electrons. The van der Waals surface area contributed by atoms with Crippen LogP contribution in [0.3, 0.4) is 0 Å². The fraction of sp³-hybridized carbons (Fsp3) is 0.353. The molecule has 9 heteroatoms. The molecule has 0 saturated heterocycles. The van der Waals surface area contributed by atoms with E-state index in [0.717, 1.165) is 41.9 Å². The van der Waals surface area contributed by atoms with Crippen LogP contribution in [0, 0.1) is 0 Å². The maximum Gasteiger partial charge on any atom is 0.233 e. The highest BCUT2D eigenvalue weighted by Gasteiger charge is 2.21. The molecule has 4 rings (SSSR count). The van der Waals surface area contributed by atoms with Crippen molar-refractivity contribution >= 4 is 56.8 Å². The van der Waals surface area contributed by atoms with E-state index in [0.29, 0.717) is 5.75 Å². The number of carbonyl (C=O) groups excluding carboxylic acids is 1. The lowest BCUT2D eigenvalue weighted by Gasteiger charge is -2.26. The molecule has 3 aromatic rings. The summed E-state index contributed by atoms with van der Waals surface area (Å²) in [4.78, 5) is 17.2. The standard InChI is InChI=1S/C17H18N4OS4/c22-15(21-7-4-14-12(10-21)5-9-24-14)11-25-17-20-19-16(26-17)18-6-3-13-2-1-8-23-13/h1-2,5,8-9H,3-4,6-7,10-11H2,(H,18,19). The van der Waals surface area contributed by atoms with Gasteiger partial charge >= 0.3 is 0 Å². The number of rotatable bonds is 7. The summed E-state index contributed by atoms with van der Waals surface area (Å²) in [5.41, 5.74) is 1.30. The number of fused-ring (bicyclic) bond motifs is 1. The van der Waals surface area contributed by atoms with E-state index in [2.05, 4.69) is 44.5 Å². The summed E-state index contributed by atoms with van der Waals surface area (Å²) >= 11 is 6.55. The molecule has 0 fully saturated rings.